The number of carbonyl (C=O) groups is 1. The van der Waals surface area contributed by atoms with Crippen molar-refractivity contribution in [3.8, 4) is 0 Å². The lowest BCUT2D eigenvalue weighted by atomic mass is 10.5. The SMILES string of the molecule is CCC(=O)N=[N-]. The highest BCUT2D eigenvalue weighted by Crippen LogP contribution is 1.77. The molecule has 0 unspecified atom stereocenters. The molecule has 0 aromatic carbocycles. The molecule has 0 atom stereocenters. The molecular weight excluding hydrogens is 80.0 g/mol. The molecule has 0 fully saturated rings. The molecule has 0 N–H and O–H groups in total. The summed E-state index contributed by atoms with van der Waals surface area (Å²) in [6, 6.07) is 0. The summed E-state index contributed by atoms with van der Waals surface area (Å²) in [5, 5.41) is 2.37. The second-order valence-corrected chi connectivity index (χ2v) is 0.847. The molecule has 0 bridgehead atoms. The predicted molar refractivity (Wildman–Crippen MR) is 21.1 cm³/mol. The van der Waals surface area contributed by atoms with Crippen LogP contribution in [0.4, 0.5) is 0 Å². The fraction of sp³-hybridized carbons (Fsp3) is 0.667. The number of hydrogen-bond acceptors (Lipinski definition) is 1. The van der Waals surface area contributed by atoms with E-state index in [4.69, 9.17) is 5.53 Å². The zero-order valence-corrected chi connectivity index (χ0v) is 3.51. The fourth-order valence-electron chi connectivity index (χ4n) is 0.0707. The zero-order valence-electron chi connectivity index (χ0n) is 3.51. The van der Waals surface area contributed by atoms with Crippen LogP contribution in [-0.4, -0.2) is 5.91 Å². The van der Waals surface area contributed by atoms with Crippen molar-refractivity contribution in [1.29, 1.82) is 0 Å². The molecule has 1 amide bonds. The summed E-state index contributed by atoms with van der Waals surface area (Å²) in [5.41, 5.74) is 7.61. The first-order chi connectivity index (χ1) is 2.81. The van der Waals surface area contributed by atoms with Gasteiger partial charge < -0.3 is 10.6 Å². The van der Waals surface area contributed by atoms with Crippen LogP contribution in [0.25, 0.3) is 5.53 Å². The van der Waals surface area contributed by atoms with Crippen molar-refractivity contribution in [3.63, 3.8) is 0 Å². The summed E-state index contributed by atoms with van der Waals surface area (Å²) in [7, 11) is 0. The third-order valence-electron chi connectivity index (χ3n) is 0.414. The maximum absolute atomic E-state index is 9.76. The van der Waals surface area contributed by atoms with E-state index >= 15 is 0 Å². The minimum Gasteiger partial charge on any atom is -0.704 e. The van der Waals surface area contributed by atoms with Crippen molar-refractivity contribution < 1.29 is 4.79 Å². The minimum atomic E-state index is -0.477. The maximum Gasteiger partial charge on any atom is 0.225 e. The van der Waals surface area contributed by atoms with Gasteiger partial charge in [0.05, 0.1) is 0 Å². The second-order valence-electron chi connectivity index (χ2n) is 0.847. The van der Waals surface area contributed by atoms with E-state index in [1.54, 1.807) is 6.92 Å². The topological polar surface area (TPSA) is 51.7 Å². The van der Waals surface area contributed by atoms with Gasteiger partial charge in [0.1, 0.15) is 0 Å². The molecule has 3 nitrogen and oxygen atoms in total. The van der Waals surface area contributed by atoms with Gasteiger partial charge in [-0.3, -0.25) is 4.79 Å². The average Bonchev–Trinajstić information content (AvgIpc) is 1.65. The number of hydrogen-bond donors (Lipinski definition) is 0. The van der Waals surface area contributed by atoms with Crippen LogP contribution in [-0.2, 0) is 4.79 Å². The first kappa shape index (κ1) is 5.27. The normalized spacial score (nSPS) is 7.50. The van der Waals surface area contributed by atoms with Crippen LogP contribution < -0.4 is 0 Å². The van der Waals surface area contributed by atoms with Crippen molar-refractivity contribution in [2.24, 2.45) is 5.11 Å². The molecule has 3 heteroatoms. The van der Waals surface area contributed by atoms with Gasteiger partial charge in [-0.1, -0.05) is 6.92 Å². The van der Waals surface area contributed by atoms with E-state index < -0.39 is 5.91 Å². The number of amides is 1. The molecule has 0 aliphatic carbocycles. The summed E-state index contributed by atoms with van der Waals surface area (Å²) in [6.45, 7) is 1.63. The monoisotopic (exact) mass is 85.0 g/mol. The molecule has 0 saturated carbocycles. The van der Waals surface area contributed by atoms with Gasteiger partial charge in [-0.15, -0.1) is 0 Å². The maximum atomic E-state index is 9.76. The molecule has 6 heavy (non-hydrogen) atoms. The van der Waals surface area contributed by atoms with Gasteiger partial charge in [0.25, 0.3) is 0 Å². The quantitative estimate of drug-likeness (QED) is 0.437. The standard InChI is InChI=1S/C3H5N2O/c1-2-3(6)5-4/h2H2,1H3/q-1. The van der Waals surface area contributed by atoms with E-state index in [1.807, 2.05) is 0 Å². The Kier molecular flexibility index (Phi) is 2.20. The van der Waals surface area contributed by atoms with Crippen molar-refractivity contribution in [2.45, 2.75) is 13.3 Å². The van der Waals surface area contributed by atoms with E-state index in [0.717, 1.165) is 0 Å². The largest absolute Gasteiger partial charge is 0.704 e. The molecule has 0 radical (unpaired) electrons. The van der Waals surface area contributed by atoms with Gasteiger partial charge >= 0.3 is 0 Å². The third-order valence-corrected chi connectivity index (χ3v) is 0.414. The molecule has 0 aliphatic heterocycles. The lowest BCUT2D eigenvalue weighted by molar-refractivity contribution is -0.117. The van der Waals surface area contributed by atoms with Crippen molar-refractivity contribution in [2.75, 3.05) is 0 Å². The van der Waals surface area contributed by atoms with Crippen molar-refractivity contribution in [1.82, 2.24) is 0 Å². The van der Waals surface area contributed by atoms with Crippen molar-refractivity contribution in [3.05, 3.63) is 5.53 Å². The molecule has 0 rings (SSSR count). The fourth-order valence-corrected chi connectivity index (χ4v) is 0.0707. The highest BCUT2D eigenvalue weighted by atomic mass is 16.1. The van der Waals surface area contributed by atoms with Gasteiger partial charge in [-0.2, -0.15) is 0 Å². The lowest BCUT2D eigenvalue weighted by Crippen LogP contribution is -1.82. The molecule has 0 spiro atoms. The Balaban J connectivity index is 3.23. The van der Waals surface area contributed by atoms with E-state index in [0.29, 0.717) is 0 Å². The first-order valence-electron chi connectivity index (χ1n) is 1.69. The summed E-state index contributed by atoms with van der Waals surface area (Å²) in [4.78, 5) is 9.76. The second kappa shape index (κ2) is 2.50. The molecule has 0 saturated heterocycles. The van der Waals surface area contributed by atoms with Gasteiger partial charge in [0.15, 0.2) is 0 Å². The Morgan fingerprint density at radius 1 is 2.00 bits per heavy atom. The Labute approximate surface area is 35.9 Å². The number of nitrogens with zero attached hydrogens (tertiary/aromatic N) is 2. The number of rotatable bonds is 1. The smallest absolute Gasteiger partial charge is 0.225 e. The Bertz CT molecular complexity index is 69.2. The molecular formula is C3H5N2O-. The zero-order chi connectivity index (χ0) is 4.99. The van der Waals surface area contributed by atoms with Crippen LogP contribution in [0.2, 0.25) is 0 Å². The molecule has 0 aromatic heterocycles. The average molecular weight is 85.1 g/mol. The first-order valence-corrected chi connectivity index (χ1v) is 1.69. The van der Waals surface area contributed by atoms with E-state index in [1.165, 1.54) is 0 Å². The van der Waals surface area contributed by atoms with Gasteiger partial charge in [-0.05, 0) is 0 Å². The Hall–Kier alpha value is -0.730. The van der Waals surface area contributed by atoms with Crippen LogP contribution in [0.3, 0.4) is 0 Å². The highest BCUT2D eigenvalue weighted by Gasteiger charge is 1.80. The Morgan fingerprint density at radius 2 is 2.50 bits per heavy atom. The highest BCUT2D eigenvalue weighted by molar-refractivity contribution is 5.76. The molecule has 0 aromatic rings. The minimum absolute atomic E-state index is 0.274. The van der Waals surface area contributed by atoms with E-state index in [9.17, 15) is 4.79 Å². The van der Waals surface area contributed by atoms with Gasteiger partial charge in [0.2, 0.25) is 5.91 Å². The summed E-state index contributed by atoms with van der Waals surface area (Å²) >= 11 is 0. The van der Waals surface area contributed by atoms with Crippen LogP contribution in [0.1, 0.15) is 13.3 Å². The Morgan fingerprint density at radius 3 is 2.50 bits per heavy atom. The number of carbonyl (C=O) groups excluding carboxylic acids is 1. The van der Waals surface area contributed by atoms with Gasteiger partial charge in [0, 0.05) is 6.42 Å². The van der Waals surface area contributed by atoms with Crippen LogP contribution in [0.5, 0.6) is 0 Å². The van der Waals surface area contributed by atoms with Crippen molar-refractivity contribution >= 4 is 5.91 Å². The molecule has 0 aliphatic rings. The van der Waals surface area contributed by atoms with E-state index in [-0.39, 0.29) is 6.42 Å². The lowest BCUT2D eigenvalue weighted by Gasteiger charge is -1.83. The molecule has 0 heterocycles. The summed E-state index contributed by atoms with van der Waals surface area (Å²) in [5.74, 6) is -0.477. The van der Waals surface area contributed by atoms with Crippen LogP contribution in [0, 0.1) is 0 Å². The van der Waals surface area contributed by atoms with Crippen LogP contribution >= 0.6 is 0 Å². The van der Waals surface area contributed by atoms with E-state index in [2.05, 4.69) is 5.11 Å². The summed E-state index contributed by atoms with van der Waals surface area (Å²) in [6.07, 6.45) is 0.274. The van der Waals surface area contributed by atoms with Gasteiger partial charge in [-0.25, -0.2) is 0 Å². The van der Waals surface area contributed by atoms with Crippen LogP contribution in [0.15, 0.2) is 5.11 Å². The molecule has 34 valence electrons. The predicted octanol–water partition coefficient (Wildman–Crippen LogP) is 0.945. The summed E-state index contributed by atoms with van der Waals surface area (Å²) < 4.78 is 0. The third kappa shape index (κ3) is 1.58.